The Bertz CT molecular complexity index is 721. The second-order valence-corrected chi connectivity index (χ2v) is 7.48. The van der Waals surface area contributed by atoms with Crippen molar-refractivity contribution in [2.24, 2.45) is 13.0 Å². The molecule has 1 aliphatic rings. The number of hydrogen-bond donors (Lipinski definition) is 2. The number of halogens is 2. The average Bonchev–Trinajstić information content (AvgIpc) is 3.15. The van der Waals surface area contributed by atoms with Crippen LogP contribution in [0.3, 0.4) is 0 Å². The number of hydrogen-bond acceptors (Lipinski definition) is 3. The Hall–Kier alpha value is -1.37. The number of carbonyl (C=O) groups is 1. The molecule has 0 saturated carbocycles. The molecule has 0 aliphatic carbocycles. The Labute approximate surface area is 163 Å². The zero-order valence-corrected chi connectivity index (χ0v) is 16.8. The molecule has 3 rings (SSSR count). The zero-order chi connectivity index (χ0) is 17.1. The molecule has 2 aromatic rings. The number of amides is 1. The molecule has 1 fully saturated rings. The van der Waals surface area contributed by atoms with Crippen LogP contribution in [0.1, 0.15) is 24.0 Å². The molecule has 1 aliphatic heterocycles. The molecule has 7 heteroatoms. The van der Waals surface area contributed by atoms with Crippen LogP contribution < -0.4 is 10.6 Å². The molecule has 1 amide bonds. The predicted molar refractivity (Wildman–Crippen MR) is 105 cm³/mol. The smallest absolute Gasteiger partial charge is 0.225 e. The second kappa shape index (κ2) is 8.83. The summed E-state index contributed by atoms with van der Waals surface area (Å²) in [4.78, 5) is 12.7. The quantitative estimate of drug-likeness (QED) is 0.771. The highest BCUT2D eigenvalue weighted by molar-refractivity contribution is 9.10. The van der Waals surface area contributed by atoms with E-state index in [1.807, 2.05) is 31.6 Å². The molecule has 136 valence electrons. The lowest BCUT2D eigenvalue weighted by molar-refractivity contribution is -0.125. The number of carbonyl (C=O) groups excluding carboxylic acids is 1. The van der Waals surface area contributed by atoms with Gasteiger partial charge in [0, 0.05) is 42.8 Å². The van der Waals surface area contributed by atoms with Crippen LogP contribution in [0.2, 0.25) is 0 Å². The lowest BCUT2D eigenvalue weighted by Gasteiger charge is -2.20. The first-order chi connectivity index (χ1) is 11.5. The molecule has 1 aromatic carbocycles. The largest absolute Gasteiger partial charge is 0.353 e. The molecule has 1 unspecified atom stereocenters. The molecule has 3 atom stereocenters. The van der Waals surface area contributed by atoms with Crippen molar-refractivity contribution < 1.29 is 4.79 Å². The van der Waals surface area contributed by atoms with Crippen LogP contribution in [0, 0.1) is 5.92 Å². The van der Waals surface area contributed by atoms with Crippen molar-refractivity contribution >= 4 is 34.2 Å². The third kappa shape index (κ3) is 5.06. The zero-order valence-electron chi connectivity index (χ0n) is 14.4. The van der Waals surface area contributed by atoms with E-state index in [9.17, 15) is 4.79 Å². The Morgan fingerprint density at radius 1 is 1.48 bits per heavy atom. The van der Waals surface area contributed by atoms with Crippen molar-refractivity contribution in [1.82, 2.24) is 20.4 Å². The number of aromatic nitrogens is 2. The third-order valence-corrected chi connectivity index (χ3v) is 5.02. The van der Waals surface area contributed by atoms with E-state index in [4.69, 9.17) is 0 Å². The number of benzene rings is 1. The van der Waals surface area contributed by atoms with Gasteiger partial charge in [0.15, 0.2) is 0 Å². The van der Waals surface area contributed by atoms with Gasteiger partial charge in [-0.05, 0) is 36.6 Å². The standard InChI is InChI=1S/C18H23BrN4O.ClH/c1-12(6-13-4-3-5-15(19)7-13)22-18(24)17-10-20-9-16(17)14-8-21-23(2)11-14;/h3-5,7-8,11-12,16-17,20H,6,9-10H2,1-2H3,(H,22,24);1H/t12?,16-,17+;/m1./s1. The maximum absolute atomic E-state index is 12.7. The van der Waals surface area contributed by atoms with Gasteiger partial charge in [0.05, 0.1) is 12.1 Å². The summed E-state index contributed by atoms with van der Waals surface area (Å²) in [5, 5.41) is 10.7. The molecular formula is C18H24BrClN4O. The Kier molecular flexibility index (Phi) is 7.04. The minimum atomic E-state index is -0.0424. The first-order valence-electron chi connectivity index (χ1n) is 8.27. The second-order valence-electron chi connectivity index (χ2n) is 6.56. The fourth-order valence-electron chi connectivity index (χ4n) is 3.35. The summed E-state index contributed by atoms with van der Waals surface area (Å²) in [6.07, 6.45) is 4.69. The fraction of sp³-hybridized carbons (Fsp3) is 0.444. The van der Waals surface area contributed by atoms with Gasteiger partial charge in [-0.25, -0.2) is 0 Å². The van der Waals surface area contributed by atoms with Gasteiger partial charge in [-0.2, -0.15) is 5.10 Å². The normalized spacial score (nSPS) is 20.8. The summed E-state index contributed by atoms with van der Waals surface area (Å²) in [5.41, 5.74) is 2.34. The van der Waals surface area contributed by atoms with Gasteiger partial charge >= 0.3 is 0 Å². The highest BCUT2D eigenvalue weighted by Gasteiger charge is 2.35. The summed E-state index contributed by atoms with van der Waals surface area (Å²) in [6.45, 7) is 3.60. The fourth-order valence-corrected chi connectivity index (χ4v) is 3.80. The van der Waals surface area contributed by atoms with Gasteiger partial charge < -0.3 is 10.6 Å². The van der Waals surface area contributed by atoms with Crippen molar-refractivity contribution in [3.8, 4) is 0 Å². The minimum absolute atomic E-state index is 0. The SMILES string of the molecule is CC(Cc1cccc(Br)c1)NC(=O)[C@H]1CNC[C@@H]1c1cnn(C)c1.Cl. The van der Waals surface area contributed by atoms with E-state index in [0.29, 0.717) is 0 Å². The molecule has 5 nitrogen and oxygen atoms in total. The first-order valence-corrected chi connectivity index (χ1v) is 9.06. The topological polar surface area (TPSA) is 59.0 Å². The van der Waals surface area contributed by atoms with Gasteiger partial charge in [0.25, 0.3) is 0 Å². The van der Waals surface area contributed by atoms with Gasteiger partial charge in [0.2, 0.25) is 5.91 Å². The van der Waals surface area contributed by atoms with Crippen LogP contribution in [0.4, 0.5) is 0 Å². The van der Waals surface area contributed by atoms with Crippen LogP contribution in [0.5, 0.6) is 0 Å². The van der Waals surface area contributed by atoms with Crippen LogP contribution >= 0.6 is 28.3 Å². The summed E-state index contributed by atoms with van der Waals surface area (Å²) in [6, 6.07) is 8.31. The maximum atomic E-state index is 12.7. The summed E-state index contributed by atoms with van der Waals surface area (Å²) in [5.74, 6) is 0.271. The lowest BCUT2D eigenvalue weighted by Crippen LogP contribution is -2.40. The third-order valence-electron chi connectivity index (χ3n) is 4.52. The van der Waals surface area contributed by atoms with Crippen molar-refractivity contribution in [2.45, 2.75) is 25.3 Å². The summed E-state index contributed by atoms with van der Waals surface area (Å²) < 4.78 is 2.86. The molecule has 25 heavy (non-hydrogen) atoms. The molecule has 0 spiro atoms. The molecule has 1 saturated heterocycles. The predicted octanol–water partition coefficient (Wildman–Crippen LogP) is 2.65. The highest BCUT2D eigenvalue weighted by atomic mass is 79.9. The van der Waals surface area contributed by atoms with Crippen LogP contribution in [-0.4, -0.2) is 34.8 Å². The number of rotatable bonds is 5. The van der Waals surface area contributed by atoms with E-state index in [0.717, 1.165) is 29.5 Å². The molecule has 2 heterocycles. The first kappa shape index (κ1) is 19.9. The van der Waals surface area contributed by atoms with Crippen molar-refractivity contribution in [1.29, 1.82) is 0 Å². The van der Waals surface area contributed by atoms with Crippen molar-refractivity contribution in [3.05, 3.63) is 52.3 Å². The van der Waals surface area contributed by atoms with Crippen molar-refractivity contribution in [3.63, 3.8) is 0 Å². The molecule has 0 bridgehead atoms. The van der Waals surface area contributed by atoms with Gasteiger partial charge in [-0.15, -0.1) is 12.4 Å². The summed E-state index contributed by atoms with van der Waals surface area (Å²) in [7, 11) is 1.90. The van der Waals surface area contributed by atoms with Gasteiger partial charge in [-0.1, -0.05) is 28.1 Å². The molecular weight excluding hydrogens is 404 g/mol. The number of nitrogens with zero attached hydrogens (tertiary/aromatic N) is 2. The van der Waals surface area contributed by atoms with E-state index in [1.165, 1.54) is 5.56 Å². The van der Waals surface area contributed by atoms with E-state index < -0.39 is 0 Å². The minimum Gasteiger partial charge on any atom is -0.353 e. The van der Waals surface area contributed by atoms with E-state index in [2.05, 4.69) is 50.7 Å². The Balaban J connectivity index is 0.00000225. The number of aryl methyl sites for hydroxylation is 1. The molecule has 0 radical (unpaired) electrons. The lowest BCUT2D eigenvalue weighted by atomic mass is 9.90. The molecule has 1 aromatic heterocycles. The van der Waals surface area contributed by atoms with Crippen LogP contribution in [0.15, 0.2) is 41.1 Å². The highest BCUT2D eigenvalue weighted by Crippen LogP contribution is 2.28. The van der Waals surface area contributed by atoms with E-state index in [-0.39, 0.29) is 36.2 Å². The average molecular weight is 428 g/mol. The van der Waals surface area contributed by atoms with Crippen molar-refractivity contribution in [2.75, 3.05) is 13.1 Å². The van der Waals surface area contributed by atoms with Crippen LogP contribution in [-0.2, 0) is 18.3 Å². The Morgan fingerprint density at radius 3 is 2.96 bits per heavy atom. The summed E-state index contributed by atoms with van der Waals surface area (Å²) >= 11 is 3.49. The maximum Gasteiger partial charge on any atom is 0.225 e. The van der Waals surface area contributed by atoms with Crippen LogP contribution in [0.25, 0.3) is 0 Å². The Morgan fingerprint density at radius 2 is 2.28 bits per heavy atom. The van der Waals surface area contributed by atoms with E-state index >= 15 is 0 Å². The monoisotopic (exact) mass is 426 g/mol. The van der Waals surface area contributed by atoms with Gasteiger partial charge in [0.1, 0.15) is 0 Å². The van der Waals surface area contributed by atoms with Gasteiger partial charge in [-0.3, -0.25) is 9.48 Å². The van der Waals surface area contributed by atoms with E-state index in [1.54, 1.807) is 4.68 Å². The molecule has 2 N–H and O–H groups in total. The number of nitrogens with one attached hydrogen (secondary N) is 2.